The third-order valence-electron chi connectivity index (χ3n) is 5.61. The summed E-state index contributed by atoms with van der Waals surface area (Å²) in [5, 5.41) is 10.5. The summed E-state index contributed by atoms with van der Waals surface area (Å²) in [5.41, 5.74) is 0.675. The Hall–Kier alpha value is -2.43. The van der Waals surface area contributed by atoms with Crippen LogP contribution in [0.4, 0.5) is 4.39 Å². The van der Waals surface area contributed by atoms with Crippen LogP contribution in [-0.4, -0.2) is 48.4 Å². The SMILES string of the molecule is C[C@@H]1CCCN1C.N#Cc1csc(COc2ccc(C(=O)N3CCCC3)c(F)c2)c1. The molecule has 3 heterocycles. The summed E-state index contributed by atoms with van der Waals surface area (Å²) >= 11 is 1.42. The number of carbonyl (C=O) groups excluding carboxylic acids is 1. The molecular formula is C23H28FN3O2S. The number of hydrogen-bond donors (Lipinski definition) is 0. The molecule has 0 bridgehead atoms. The van der Waals surface area contributed by atoms with Crippen molar-refractivity contribution in [2.24, 2.45) is 0 Å². The smallest absolute Gasteiger partial charge is 0.256 e. The summed E-state index contributed by atoms with van der Waals surface area (Å²) in [5.74, 6) is -0.459. The zero-order valence-corrected chi connectivity index (χ0v) is 18.4. The van der Waals surface area contributed by atoms with Gasteiger partial charge in [0.1, 0.15) is 24.2 Å². The molecule has 2 fully saturated rings. The molecule has 0 spiro atoms. The number of halogens is 1. The third-order valence-corrected chi connectivity index (χ3v) is 6.52. The van der Waals surface area contributed by atoms with E-state index in [1.807, 2.05) is 0 Å². The lowest BCUT2D eigenvalue weighted by molar-refractivity contribution is 0.0788. The molecule has 1 aromatic carbocycles. The number of carbonyl (C=O) groups is 1. The molecule has 4 rings (SSSR count). The maximum Gasteiger partial charge on any atom is 0.256 e. The van der Waals surface area contributed by atoms with Crippen molar-refractivity contribution < 1.29 is 13.9 Å². The van der Waals surface area contributed by atoms with Crippen LogP contribution in [0.2, 0.25) is 0 Å². The highest BCUT2D eigenvalue weighted by molar-refractivity contribution is 7.10. The largest absolute Gasteiger partial charge is 0.488 e. The second-order valence-corrected chi connectivity index (χ2v) is 8.81. The summed E-state index contributed by atoms with van der Waals surface area (Å²) < 4.78 is 19.7. The minimum Gasteiger partial charge on any atom is -0.488 e. The first kappa shape index (κ1) is 22.3. The van der Waals surface area contributed by atoms with Gasteiger partial charge in [-0.15, -0.1) is 11.3 Å². The van der Waals surface area contributed by atoms with Crippen molar-refractivity contribution in [1.29, 1.82) is 5.26 Å². The van der Waals surface area contributed by atoms with Crippen molar-refractivity contribution >= 4 is 17.2 Å². The fourth-order valence-electron chi connectivity index (χ4n) is 3.60. The highest BCUT2D eigenvalue weighted by Gasteiger charge is 2.22. The van der Waals surface area contributed by atoms with Crippen LogP contribution in [0.15, 0.2) is 29.6 Å². The number of rotatable bonds is 4. The Kier molecular flexibility index (Phi) is 7.83. The summed E-state index contributed by atoms with van der Waals surface area (Å²) in [6, 6.07) is 8.96. The van der Waals surface area contributed by atoms with Gasteiger partial charge in [-0.05, 0) is 64.4 Å². The van der Waals surface area contributed by atoms with Gasteiger partial charge in [0.2, 0.25) is 0 Å². The number of thiophene rings is 1. The van der Waals surface area contributed by atoms with Crippen molar-refractivity contribution in [1.82, 2.24) is 9.80 Å². The fourth-order valence-corrected chi connectivity index (χ4v) is 4.32. The number of nitrogens with zero attached hydrogens (tertiary/aromatic N) is 3. The number of benzene rings is 1. The number of nitriles is 1. The second kappa shape index (κ2) is 10.6. The van der Waals surface area contributed by atoms with Gasteiger partial charge in [0.25, 0.3) is 5.91 Å². The Labute approximate surface area is 181 Å². The van der Waals surface area contributed by atoms with Gasteiger partial charge in [-0.2, -0.15) is 5.26 Å². The van der Waals surface area contributed by atoms with Gasteiger partial charge in [0, 0.05) is 35.5 Å². The van der Waals surface area contributed by atoms with Crippen LogP contribution in [0.3, 0.4) is 0 Å². The summed E-state index contributed by atoms with van der Waals surface area (Å²) in [7, 11) is 2.19. The molecule has 30 heavy (non-hydrogen) atoms. The Bertz CT molecular complexity index is 894. The van der Waals surface area contributed by atoms with Crippen LogP contribution < -0.4 is 4.74 Å². The monoisotopic (exact) mass is 429 g/mol. The molecule has 2 aromatic rings. The Morgan fingerprint density at radius 2 is 2.03 bits per heavy atom. The standard InChI is InChI=1S/C17H15FN2O2S.C6H13N/c18-16-8-13(22-10-14-7-12(9-19)11-23-14)3-4-15(16)17(21)20-5-1-2-6-20;1-6-4-3-5-7(6)2/h3-4,7-8,11H,1-2,5-6,10H2;6H,3-5H2,1-2H3/t;6-/m.1/s1. The molecule has 1 amide bonds. The van der Waals surface area contributed by atoms with Crippen LogP contribution in [0, 0.1) is 17.1 Å². The molecule has 1 atom stereocenters. The normalized spacial score (nSPS) is 18.6. The van der Waals surface area contributed by atoms with Crippen LogP contribution in [0.1, 0.15) is 53.4 Å². The molecule has 2 aliphatic heterocycles. The van der Waals surface area contributed by atoms with E-state index >= 15 is 0 Å². The molecule has 0 aliphatic carbocycles. The molecule has 1 aromatic heterocycles. The van der Waals surface area contributed by atoms with Crippen LogP contribution >= 0.6 is 11.3 Å². The maximum atomic E-state index is 14.2. The Morgan fingerprint density at radius 1 is 1.27 bits per heavy atom. The zero-order valence-electron chi connectivity index (χ0n) is 17.6. The Balaban J connectivity index is 0.000000310. The van der Waals surface area contributed by atoms with Gasteiger partial charge in [-0.25, -0.2) is 4.39 Å². The first-order valence-corrected chi connectivity index (χ1v) is 11.2. The van der Waals surface area contributed by atoms with E-state index < -0.39 is 5.82 Å². The van der Waals surface area contributed by atoms with E-state index in [-0.39, 0.29) is 18.1 Å². The molecule has 7 heteroatoms. The van der Waals surface area contributed by atoms with E-state index in [9.17, 15) is 9.18 Å². The molecule has 0 radical (unpaired) electrons. The highest BCUT2D eigenvalue weighted by Crippen LogP contribution is 2.22. The quantitative estimate of drug-likeness (QED) is 0.708. The van der Waals surface area contributed by atoms with Crippen molar-refractivity contribution in [2.75, 3.05) is 26.7 Å². The van der Waals surface area contributed by atoms with Gasteiger partial charge in [0.15, 0.2) is 0 Å². The summed E-state index contributed by atoms with van der Waals surface area (Å²) in [6.07, 6.45) is 4.74. The van der Waals surface area contributed by atoms with Gasteiger partial charge in [-0.1, -0.05) is 0 Å². The second-order valence-electron chi connectivity index (χ2n) is 7.81. The minimum absolute atomic E-state index is 0.0853. The average molecular weight is 430 g/mol. The molecule has 0 saturated carbocycles. The number of likely N-dealkylation sites (tertiary alicyclic amines) is 2. The van der Waals surface area contributed by atoms with Gasteiger partial charge >= 0.3 is 0 Å². The number of ether oxygens (including phenoxy) is 1. The lowest BCUT2D eigenvalue weighted by Gasteiger charge is -2.16. The predicted octanol–water partition coefficient (Wildman–Crippen LogP) is 4.67. The lowest BCUT2D eigenvalue weighted by Crippen LogP contribution is -2.28. The molecule has 2 aliphatic rings. The molecule has 0 unspecified atom stereocenters. The molecule has 2 saturated heterocycles. The molecular weight excluding hydrogens is 401 g/mol. The molecule has 0 N–H and O–H groups in total. The number of hydrogen-bond acceptors (Lipinski definition) is 5. The molecule has 160 valence electrons. The van der Waals surface area contributed by atoms with Crippen LogP contribution in [-0.2, 0) is 6.61 Å². The molecule has 5 nitrogen and oxygen atoms in total. The Morgan fingerprint density at radius 3 is 2.57 bits per heavy atom. The van der Waals surface area contributed by atoms with E-state index in [1.54, 1.807) is 22.4 Å². The highest BCUT2D eigenvalue weighted by atomic mass is 32.1. The van der Waals surface area contributed by atoms with Gasteiger partial charge < -0.3 is 14.5 Å². The zero-order chi connectivity index (χ0) is 21.5. The minimum atomic E-state index is -0.566. The van der Waals surface area contributed by atoms with Crippen LogP contribution in [0.25, 0.3) is 0 Å². The van der Waals surface area contributed by atoms with Crippen LogP contribution in [0.5, 0.6) is 5.75 Å². The van der Waals surface area contributed by atoms with E-state index in [2.05, 4.69) is 24.9 Å². The topological polar surface area (TPSA) is 56.6 Å². The van der Waals surface area contributed by atoms with Crippen molar-refractivity contribution in [3.05, 3.63) is 51.5 Å². The predicted molar refractivity (Wildman–Crippen MR) is 116 cm³/mol. The third kappa shape index (κ3) is 5.80. The lowest BCUT2D eigenvalue weighted by atomic mass is 10.2. The first-order valence-electron chi connectivity index (χ1n) is 10.4. The van der Waals surface area contributed by atoms with E-state index in [4.69, 9.17) is 10.00 Å². The summed E-state index contributed by atoms with van der Waals surface area (Å²) in [4.78, 5) is 17.2. The van der Waals surface area contributed by atoms with E-state index in [1.165, 1.54) is 42.9 Å². The van der Waals surface area contributed by atoms with Crippen molar-refractivity contribution in [2.45, 2.75) is 45.3 Å². The average Bonchev–Trinajstić information content (AvgIpc) is 3.50. The van der Waals surface area contributed by atoms with E-state index in [0.717, 1.165) is 23.8 Å². The maximum absolute atomic E-state index is 14.2. The summed E-state index contributed by atoms with van der Waals surface area (Å²) in [6.45, 7) is 5.24. The van der Waals surface area contributed by atoms with Crippen molar-refractivity contribution in [3.63, 3.8) is 0 Å². The first-order chi connectivity index (χ1) is 14.5. The van der Waals surface area contributed by atoms with Crippen molar-refractivity contribution in [3.8, 4) is 11.8 Å². The van der Waals surface area contributed by atoms with Gasteiger partial charge in [-0.3, -0.25) is 4.79 Å². The fraction of sp³-hybridized carbons (Fsp3) is 0.478. The van der Waals surface area contributed by atoms with Gasteiger partial charge in [0.05, 0.1) is 11.1 Å². The number of amides is 1. The van der Waals surface area contributed by atoms with E-state index in [0.29, 0.717) is 24.4 Å².